The largest absolute Gasteiger partial charge is 0.432 e. The summed E-state index contributed by atoms with van der Waals surface area (Å²) in [6.45, 7) is 6.26. The zero-order chi connectivity index (χ0) is 26.5. The first-order valence-electron chi connectivity index (χ1n) is 12.6. The Bertz CT molecular complexity index is 1300. The summed E-state index contributed by atoms with van der Waals surface area (Å²) in [7, 11) is -0.983. The SMILES string of the molecule is C[C@H]1[C@H]([Si](C)(C)O)[C@@H](CCn2cc(C(CO)c3ccccc3)nn2)O[C@]12C(=O)N(C)c1ccc(Cl)cc12. The van der Waals surface area contributed by atoms with Crippen molar-refractivity contribution in [2.24, 2.45) is 5.92 Å². The van der Waals surface area contributed by atoms with Gasteiger partial charge >= 0.3 is 0 Å². The van der Waals surface area contributed by atoms with Gasteiger partial charge in [-0.05, 0) is 43.3 Å². The maximum atomic E-state index is 13.7. The zero-order valence-corrected chi connectivity index (χ0v) is 23.3. The molecule has 1 amide bonds. The highest BCUT2D eigenvalue weighted by molar-refractivity contribution is 6.71. The summed E-state index contributed by atoms with van der Waals surface area (Å²) in [6.07, 6.45) is 2.06. The number of carbonyl (C=O) groups excluding carboxylic acids is 1. The molecule has 0 aliphatic carbocycles. The van der Waals surface area contributed by atoms with Crippen molar-refractivity contribution in [2.75, 3.05) is 18.6 Å². The normalized spacial score (nSPS) is 26.2. The van der Waals surface area contributed by atoms with Crippen molar-refractivity contribution in [2.45, 2.75) is 56.1 Å². The van der Waals surface area contributed by atoms with Gasteiger partial charge in [-0.15, -0.1) is 5.10 Å². The standard InChI is InChI=1S/C27H33ClN4O4Si/c1-17-25(37(3,4)35)24(36-27(17)21-14-19(28)10-11-23(21)31(2)26(27)34)12-13-32-15-22(29-30-32)20(16-33)18-8-6-5-7-9-18/h5-11,14-15,17,20,24-25,33,35H,12-13,16H2,1-4H3/t17-,20?,24+,25-,27+/m0/s1. The molecule has 196 valence electrons. The maximum Gasteiger partial charge on any atom is 0.264 e. The second-order valence-electron chi connectivity index (χ2n) is 10.7. The Morgan fingerprint density at radius 2 is 1.95 bits per heavy atom. The van der Waals surface area contributed by atoms with E-state index in [9.17, 15) is 14.7 Å². The summed E-state index contributed by atoms with van der Waals surface area (Å²) in [6, 6.07) is 15.2. The number of carbonyl (C=O) groups is 1. The van der Waals surface area contributed by atoms with Crippen molar-refractivity contribution in [3.63, 3.8) is 0 Å². The molecule has 1 unspecified atom stereocenters. The predicted molar refractivity (Wildman–Crippen MR) is 144 cm³/mol. The van der Waals surface area contributed by atoms with Crippen molar-refractivity contribution in [3.05, 3.63) is 76.6 Å². The Hall–Kier alpha value is -2.56. The average Bonchev–Trinajstić information content (AvgIpc) is 3.50. The second kappa shape index (κ2) is 9.63. The highest BCUT2D eigenvalue weighted by Gasteiger charge is 2.65. The van der Waals surface area contributed by atoms with Gasteiger partial charge < -0.3 is 19.5 Å². The van der Waals surface area contributed by atoms with Crippen LogP contribution in [0.1, 0.15) is 36.1 Å². The molecule has 5 atom stereocenters. The Kier molecular flexibility index (Phi) is 6.78. The summed E-state index contributed by atoms with van der Waals surface area (Å²) in [5, 5.41) is 19.2. The van der Waals surface area contributed by atoms with Crippen molar-refractivity contribution < 1.29 is 19.4 Å². The van der Waals surface area contributed by atoms with Crippen LogP contribution in [0, 0.1) is 5.92 Å². The molecule has 37 heavy (non-hydrogen) atoms. The molecule has 1 fully saturated rings. The molecule has 0 bridgehead atoms. The minimum atomic E-state index is -2.74. The van der Waals surface area contributed by atoms with Crippen LogP contribution in [-0.2, 0) is 21.7 Å². The van der Waals surface area contributed by atoms with Gasteiger partial charge in [0.2, 0.25) is 0 Å². The molecule has 1 aromatic heterocycles. The van der Waals surface area contributed by atoms with Crippen LogP contribution in [0.15, 0.2) is 54.7 Å². The number of aromatic nitrogens is 3. The molecular weight excluding hydrogens is 508 g/mol. The summed E-state index contributed by atoms with van der Waals surface area (Å²) in [4.78, 5) is 26.7. The Labute approximate surface area is 223 Å². The van der Waals surface area contributed by atoms with Crippen molar-refractivity contribution in [1.29, 1.82) is 0 Å². The Balaban J connectivity index is 1.42. The average molecular weight is 541 g/mol. The van der Waals surface area contributed by atoms with Gasteiger partial charge in [0, 0.05) is 41.8 Å². The fourth-order valence-corrected chi connectivity index (χ4v) is 9.10. The highest BCUT2D eigenvalue weighted by Crippen LogP contribution is 2.59. The van der Waals surface area contributed by atoms with Crippen LogP contribution in [-0.4, -0.2) is 58.9 Å². The topological polar surface area (TPSA) is 101 Å². The van der Waals surface area contributed by atoms with Gasteiger partial charge in [0.1, 0.15) is 0 Å². The zero-order valence-electron chi connectivity index (χ0n) is 21.5. The molecule has 1 spiro atoms. The van der Waals surface area contributed by atoms with Gasteiger partial charge in [-0.25, -0.2) is 0 Å². The van der Waals surface area contributed by atoms with Crippen molar-refractivity contribution >= 4 is 31.5 Å². The fraction of sp³-hybridized carbons (Fsp3) is 0.444. The number of aliphatic hydroxyl groups is 1. The van der Waals surface area contributed by atoms with Crippen LogP contribution in [0.25, 0.3) is 0 Å². The van der Waals surface area contributed by atoms with Crippen molar-refractivity contribution in [3.8, 4) is 0 Å². The number of benzene rings is 2. The number of nitrogens with zero attached hydrogens (tertiary/aromatic N) is 4. The van der Waals surface area contributed by atoms with Crippen LogP contribution in [0.4, 0.5) is 5.69 Å². The van der Waals surface area contributed by atoms with Crippen LogP contribution in [0.2, 0.25) is 23.7 Å². The van der Waals surface area contributed by atoms with Gasteiger partial charge in [-0.1, -0.05) is 54.1 Å². The number of rotatable bonds is 7. The molecule has 3 aromatic rings. The molecule has 2 aliphatic heterocycles. The molecular formula is C27H33ClN4O4Si. The fourth-order valence-electron chi connectivity index (χ4n) is 6.32. The molecule has 5 rings (SSSR count). The summed E-state index contributed by atoms with van der Waals surface area (Å²) in [5.74, 6) is -0.618. The lowest BCUT2D eigenvalue weighted by Gasteiger charge is -2.32. The predicted octanol–water partition coefficient (Wildman–Crippen LogP) is 3.92. The van der Waals surface area contributed by atoms with Crippen LogP contribution in [0.5, 0.6) is 0 Å². The number of hydrogen-bond donors (Lipinski definition) is 2. The first-order valence-corrected chi connectivity index (χ1v) is 16.0. The number of anilines is 1. The molecule has 8 nitrogen and oxygen atoms in total. The molecule has 2 aromatic carbocycles. The Morgan fingerprint density at radius 1 is 1.22 bits per heavy atom. The van der Waals surface area contributed by atoms with Gasteiger partial charge in [0.15, 0.2) is 13.9 Å². The third-order valence-electron chi connectivity index (χ3n) is 8.02. The molecule has 0 saturated carbocycles. The summed E-state index contributed by atoms with van der Waals surface area (Å²) >= 11 is 6.35. The molecule has 2 N–H and O–H groups in total. The van der Waals surface area contributed by atoms with Gasteiger partial charge in [0.05, 0.1) is 30.0 Å². The van der Waals surface area contributed by atoms with E-state index in [1.807, 2.05) is 68.7 Å². The van der Waals surface area contributed by atoms with Gasteiger partial charge in [-0.2, -0.15) is 0 Å². The number of halogens is 1. The summed E-state index contributed by atoms with van der Waals surface area (Å²) < 4.78 is 8.46. The van der Waals surface area contributed by atoms with Crippen LogP contribution >= 0.6 is 11.6 Å². The molecule has 2 aliphatic rings. The van der Waals surface area contributed by atoms with E-state index in [2.05, 4.69) is 10.3 Å². The number of amides is 1. The smallest absolute Gasteiger partial charge is 0.264 e. The molecule has 10 heteroatoms. The minimum Gasteiger partial charge on any atom is -0.432 e. The quantitative estimate of drug-likeness (QED) is 0.440. The number of likely N-dealkylation sites (N-methyl/N-ethyl adjacent to an activating group) is 1. The Morgan fingerprint density at radius 3 is 2.62 bits per heavy atom. The van der Waals surface area contributed by atoms with E-state index >= 15 is 0 Å². The molecule has 1 saturated heterocycles. The third kappa shape index (κ3) is 4.32. The lowest BCUT2D eigenvalue weighted by atomic mass is 9.82. The van der Waals surface area contributed by atoms with Crippen molar-refractivity contribution in [1.82, 2.24) is 15.0 Å². The van der Waals surface area contributed by atoms with E-state index in [1.54, 1.807) is 22.7 Å². The number of aliphatic hydroxyl groups excluding tert-OH is 1. The maximum absolute atomic E-state index is 13.7. The van der Waals surface area contributed by atoms with Crippen LogP contribution < -0.4 is 4.90 Å². The number of fused-ring (bicyclic) bond motifs is 2. The summed E-state index contributed by atoms with van der Waals surface area (Å²) in [5.41, 5.74) is 1.86. The van der Waals surface area contributed by atoms with E-state index in [1.165, 1.54) is 0 Å². The number of ether oxygens (including phenoxy) is 1. The monoisotopic (exact) mass is 540 g/mol. The lowest BCUT2D eigenvalue weighted by molar-refractivity contribution is -0.145. The van der Waals surface area contributed by atoms with E-state index in [4.69, 9.17) is 16.3 Å². The molecule has 0 radical (unpaired) electrons. The van der Waals surface area contributed by atoms with Gasteiger partial charge in [0.25, 0.3) is 5.91 Å². The van der Waals surface area contributed by atoms with Crippen LogP contribution in [0.3, 0.4) is 0 Å². The highest BCUT2D eigenvalue weighted by atomic mass is 35.5. The number of aryl methyl sites for hydroxylation is 1. The minimum absolute atomic E-state index is 0.0710. The molecule has 3 heterocycles. The van der Waals surface area contributed by atoms with Gasteiger partial charge in [-0.3, -0.25) is 9.48 Å². The van der Waals surface area contributed by atoms with E-state index in [0.29, 0.717) is 23.7 Å². The number of hydrogen-bond acceptors (Lipinski definition) is 6. The van der Waals surface area contributed by atoms with E-state index < -0.39 is 13.9 Å². The van der Waals surface area contributed by atoms with E-state index in [-0.39, 0.29) is 36.0 Å². The van der Waals surface area contributed by atoms with E-state index in [0.717, 1.165) is 16.8 Å². The first kappa shape index (κ1) is 26.1. The third-order valence-corrected chi connectivity index (χ3v) is 10.8. The lowest BCUT2D eigenvalue weighted by Crippen LogP contribution is -2.45. The first-order chi connectivity index (χ1) is 17.6. The second-order valence-corrected chi connectivity index (χ2v) is 15.1.